The molecule has 3 heterocycles. The Morgan fingerprint density at radius 2 is 1.27 bits per heavy atom. The molecule has 7 aromatic carbocycles. The number of aromatic nitrogens is 2. The fourth-order valence-electron chi connectivity index (χ4n) is 10.8. The van der Waals surface area contributed by atoms with E-state index in [0.717, 1.165) is 48.1 Å². The van der Waals surface area contributed by atoms with Crippen molar-refractivity contribution in [3.05, 3.63) is 222 Å². The maximum atomic E-state index is 6.77. The van der Waals surface area contributed by atoms with Gasteiger partial charge in [-0.25, -0.2) is 4.99 Å². The molecule has 6 heteroatoms. The summed E-state index contributed by atoms with van der Waals surface area (Å²) in [6.07, 6.45) is 13.4. The highest BCUT2D eigenvalue weighted by Crippen LogP contribution is 2.53. The van der Waals surface area contributed by atoms with Gasteiger partial charge in [0.25, 0.3) is 0 Å². The molecule has 0 radical (unpaired) electrons. The number of nitrogens with two attached hydrogens (primary N) is 1. The highest BCUT2D eigenvalue weighted by atomic mass is 15.2. The maximum Gasteiger partial charge on any atom is 0.128 e. The minimum Gasteiger partial charge on any atom is -0.383 e. The molecule has 0 saturated carbocycles. The Morgan fingerprint density at radius 1 is 0.635 bits per heavy atom. The van der Waals surface area contributed by atoms with Crippen molar-refractivity contribution in [2.75, 3.05) is 4.90 Å². The average Bonchev–Trinajstić information content (AvgIpc) is 3.99. The normalized spacial score (nSPS) is 17.3. The zero-order valence-electron chi connectivity index (χ0n) is 35.1. The van der Waals surface area contributed by atoms with Crippen molar-refractivity contribution in [3.63, 3.8) is 0 Å². The summed E-state index contributed by atoms with van der Waals surface area (Å²) in [5, 5.41) is 7.66. The lowest BCUT2D eigenvalue weighted by Gasteiger charge is -2.34. The van der Waals surface area contributed by atoms with Gasteiger partial charge in [0.1, 0.15) is 12.0 Å². The van der Waals surface area contributed by atoms with Gasteiger partial charge in [0, 0.05) is 51.1 Å². The number of benzene rings is 7. The first-order valence-electron chi connectivity index (χ1n) is 22.4. The molecule has 6 nitrogen and oxygen atoms in total. The van der Waals surface area contributed by atoms with Gasteiger partial charge in [-0.2, -0.15) is 0 Å². The molecule has 0 saturated heterocycles. The fourth-order valence-corrected chi connectivity index (χ4v) is 10.8. The summed E-state index contributed by atoms with van der Waals surface area (Å²) in [6.45, 7) is 0.551. The summed E-state index contributed by atoms with van der Waals surface area (Å²) in [4.78, 5) is 7.83. The molecule has 0 fully saturated rings. The number of rotatable bonds is 9. The van der Waals surface area contributed by atoms with Crippen LogP contribution < -0.4 is 16.0 Å². The summed E-state index contributed by atoms with van der Waals surface area (Å²) in [7, 11) is 0. The van der Waals surface area contributed by atoms with Crippen LogP contribution in [0.5, 0.6) is 0 Å². The predicted octanol–water partition coefficient (Wildman–Crippen LogP) is 12.8. The number of fused-ring (bicyclic) bond motifs is 9. The third-order valence-electron chi connectivity index (χ3n) is 13.5. The lowest BCUT2D eigenvalue weighted by Crippen LogP contribution is -2.31. The number of hydrogen-bond acceptors (Lipinski definition) is 3. The molecule has 63 heavy (non-hydrogen) atoms. The number of allylic oxidation sites excluding steroid dienone is 2. The Labute approximate surface area is 367 Å². The van der Waals surface area contributed by atoms with Gasteiger partial charge in [-0.3, -0.25) is 5.32 Å². The molecule has 3 aliphatic rings. The van der Waals surface area contributed by atoms with Crippen molar-refractivity contribution < 1.29 is 0 Å². The van der Waals surface area contributed by atoms with E-state index in [1.54, 1.807) is 0 Å². The first-order valence-corrected chi connectivity index (χ1v) is 22.4. The third-order valence-corrected chi connectivity index (χ3v) is 13.5. The molecule has 0 bridgehead atoms. The van der Waals surface area contributed by atoms with E-state index >= 15 is 0 Å². The van der Waals surface area contributed by atoms with Crippen LogP contribution in [0.15, 0.2) is 193 Å². The Bertz CT molecular complexity index is 3230. The molecular weight excluding hydrogens is 769 g/mol. The SMILES string of the molecule is N/C(=N\C(NCc1cc(N2c3ccccc3C3CCC=CC32)c(-n2c3c(c4ccccc42)C=CCC3)c(-n2c3ccccc3c3ccccc32)c1)c1ccccc1)c1ccccc1. The van der Waals surface area contributed by atoms with E-state index in [9.17, 15) is 0 Å². The van der Waals surface area contributed by atoms with Crippen LogP contribution in [-0.2, 0) is 13.0 Å². The zero-order chi connectivity index (χ0) is 41.9. The minimum absolute atomic E-state index is 0.175. The molecule has 9 aromatic rings. The lowest BCUT2D eigenvalue weighted by atomic mass is 9.86. The summed E-state index contributed by atoms with van der Waals surface area (Å²) in [5.74, 6) is 0.898. The molecule has 0 amide bonds. The summed E-state index contributed by atoms with van der Waals surface area (Å²) < 4.78 is 5.16. The van der Waals surface area contributed by atoms with Crippen LogP contribution in [-0.4, -0.2) is 21.0 Å². The van der Waals surface area contributed by atoms with Crippen molar-refractivity contribution in [1.29, 1.82) is 0 Å². The number of nitrogens with zero attached hydrogens (tertiary/aromatic N) is 4. The summed E-state index contributed by atoms with van der Waals surface area (Å²) >= 11 is 0. The second-order valence-electron chi connectivity index (χ2n) is 17.1. The Morgan fingerprint density at radius 3 is 2.03 bits per heavy atom. The monoisotopic (exact) mass is 816 g/mol. The molecule has 2 aromatic heterocycles. The van der Waals surface area contributed by atoms with Crippen LogP contribution in [0, 0.1) is 0 Å². The smallest absolute Gasteiger partial charge is 0.128 e. The van der Waals surface area contributed by atoms with Gasteiger partial charge in [0.15, 0.2) is 0 Å². The van der Waals surface area contributed by atoms with Gasteiger partial charge >= 0.3 is 0 Å². The molecule has 2 aliphatic carbocycles. The Hall–Kier alpha value is -7.41. The van der Waals surface area contributed by atoms with Crippen molar-refractivity contribution >= 4 is 56.0 Å². The van der Waals surface area contributed by atoms with E-state index in [1.807, 2.05) is 36.4 Å². The molecule has 3 N–H and O–H groups in total. The molecule has 1 aliphatic heterocycles. The maximum absolute atomic E-state index is 6.77. The fraction of sp³-hybridized carbons (Fsp3) is 0.140. The number of aliphatic imine (C=N–C) groups is 1. The van der Waals surface area contributed by atoms with Crippen LogP contribution in [0.3, 0.4) is 0 Å². The molecule has 306 valence electrons. The van der Waals surface area contributed by atoms with Gasteiger partial charge in [0.2, 0.25) is 0 Å². The number of anilines is 2. The standard InChI is InChI=1S/C57H48N6/c58-56(39-19-3-1-4-20-39)60-57(40-21-5-2-6-22-40)59-37-38-35-53(61-47-29-13-7-23-41(47)42-24-8-14-30-48(42)61)55(63-51-33-17-11-27-45(51)46-28-12-18-34-52(46)63)54(36-38)62-49-31-15-9-25-43(49)44-26-10-16-32-50(44)62/h1-9,11-17,19-25,27-33,35-36,44,50,57,59H,10,18,26,34,37H2,(H2,58,60). The van der Waals surface area contributed by atoms with E-state index in [1.165, 1.54) is 66.6 Å². The van der Waals surface area contributed by atoms with Gasteiger partial charge < -0.3 is 19.8 Å². The highest BCUT2D eigenvalue weighted by Gasteiger charge is 2.41. The van der Waals surface area contributed by atoms with Crippen LogP contribution >= 0.6 is 0 Å². The summed E-state index contributed by atoms with van der Waals surface area (Å²) in [5.41, 5.74) is 22.4. The van der Waals surface area contributed by atoms with E-state index in [4.69, 9.17) is 10.7 Å². The van der Waals surface area contributed by atoms with Crippen LogP contribution in [0.25, 0.3) is 50.2 Å². The van der Waals surface area contributed by atoms with Gasteiger partial charge in [-0.05, 0) is 78.8 Å². The number of nitrogens with one attached hydrogen (secondary N) is 1. The van der Waals surface area contributed by atoms with Crippen molar-refractivity contribution in [2.24, 2.45) is 10.7 Å². The van der Waals surface area contributed by atoms with E-state index in [0.29, 0.717) is 18.3 Å². The van der Waals surface area contributed by atoms with E-state index in [-0.39, 0.29) is 12.2 Å². The van der Waals surface area contributed by atoms with Crippen molar-refractivity contribution in [2.45, 2.75) is 50.4 Å². The topological polar surface area (TPSA) is 63.5 Å². The molecule has 3 atom stereocenters. The molecule has 3 unspecified atom stereocenters. The molecule has 12 rings (SSSR count). The van der Waals surface area contributed by atoms with Crippen LogP contribution in [0.1, 0.15) is 64.9 Å². The largest absolute Gasteiger partial charge is 0.383 e. The lowest BCUT2D eigenvalue weighted by molar-refractivity contribution is 0.553. The Balaban J connectivity index is 1.16. The zero-order valence-corrected chi connectivity index (χ0v) is 35.1. The number of amidine groups is 1. The molecule has 0 spiro atoms. The summed E-state index contributed by atoms with van der Waals surface area (Å²) in [6, 6.07) is 61.5. The van der Waals surface area contributed by atoms with Crippen LogP contribution in [0.2, 0.25) is 0 Å². The number of para-hydroxylation sites is 4. The van der Waals surface area contributed by atoms with Crippen molar-refractivity contribution in [3.8, 4) is 11.4 Å². The number of hydrogen-bond donors (Lipinski definition) is 2. The van der Waals surface area contributed by atoms with Gasteiger partial charge in [-0.15, -0.1) is 0 Å². The van der Waals surface area contributed by atoms with Crippen molar-refractivity contribution in [1.82, 2.24) is 14.5 Å². The molecular formula is C57H48N6. The van der Waals surface area contributed by atoms with E-state index < -0.39 is 0 Å². The first kappa shape index (κ1) is 37.4. The second kappa shape index (κ2) is 15.5. The predicted molar refractivity (Wildman–Crippen MR) is 262 cm³/mol. The third kappa shape index (κ3) is 6.24. The van der Waals surface area contributed by atoms with E-state index in [2.05, 4.69) is 177 Å². The van der Waals surface area contributed by atoms with Gasteiger partial charge in [-0.1, -0.05) is 158 Å². The second-order valence-corrected chi connectivity index (χ2v) is 17.1. The average molecular weight is 817 g/mol. The first-order chi connectivity index (χ1) is 31.2. The minimum atomic E-state index is -0.378. The van der Waals surface area contributed by atoms with Crippen LogP contribution in [0.4, 0.5) is 11.4 Å². The highest BCUT2D eigenvalue weighted by molar-refractivity contribution is 6.10. The van der Waals surface area contributed by atoms with Gasteiger partial charge in [0.05, 0.1) is 39.7 Å². The quantitative estimate of drug-likeness (QED) is 0.0866. The Kier molecular flexibility index (Phi) is 9.19.